The standard InChI is InChI=1S/C11H20N2O3/c1-6-4-9(5-6)13-11(16)12-8(3)7(2)10(14)15/h6-9H,4-5H2,1-3H3,(H,14,15)(H2,12,13,16). The van der Waals surface area contributed by atoms with Crippen molar-refractivity contribution in [2.45, 2.75) is 45.7 Å². The van der Waals surface area contributed by atoms with Crippen LogP contribution in [0.4, 0.5) is 4.79 Å². The van der Waals surface area contributed by atoms with Crippen LogP contribution in [0.1, 0.15) is 33.6 Å². The molecule has 2 unspecified atom stereocenters. The monoisotopic (exact) mass is 228 g/mol. The van der Waals surface area contributed by atoms with Gasteiger partial charge in [-0.1, -0.05) is 6.92 Å². The fraction of sp³-hybridized carbons (Fsp3) is 0.818. The van der Waals surface area contributed by atoms with E-state index in [1.54, 1.807) is 13.8 Å². The summed E-state index contributed by atoms with van der Waals surface area (Å²) in [5.74, 6) is -0.795. The number of carbonyl (C=O) groups excluding carboxylic acids is 1. The third kappa shape index (κ3) is 3.40. The van der Waals surface area contributed by atoms with Gasteiger partial charge in [-0.2, -0.15) is 0 Å². The third-order valence-electron chi connectivity index (χ3n) is 3.21. The van der Waals surface area contributed by atoms with Gasteiger partial charge in [-0.25, -0.2) is 4.79 Å². The number of hydrogen-bond donors (Lipinski definition) is 3. The average Bonchev–Trinajstić information content (AvgIpc) is 2.13. The number of hydrogen-bond acceptors (Lipinski definition) is 2. The topological polar surface area (TPSA) is 78.4 Å². The fourth-order valence-electron chi connectivity index (χ4n) is 1.79. The summed E-state index contributed by atoms with van der Waals surface area (Å²) in [6.45, 7) is 5.42. The van der Waals surface area contributed by atoms with Crippen molar-refractivity contribution in [1.82, 2.24) is 10.6 Å². The number of nitrogens with one attached hydrogen (secondary N) is 2. The molecule has 0 bridgehead atoms. The molecule has 1 aliphatic carbocycles. The third-order valence-corrected chi connectivity index (χ3v) is 3.21. The average molecular weight is 228 g/mol. The van der Waals surface area contributed by atoms with Crippen LogP contribution in [0.5, 0.6) is 0 Å². The van der Waals surface area contributed by atoms with E-state index in [9.17, 15) is 9.59 Å². The molecule has 0 aromatic heterocycles. The van der Waals surface area contributed by atoms with Gasteiger partial charge in [0.25, 0.3) is 0 Å². The second-order valence-electron chi connectivity index (χ2n) is 4.81. The quantitative estimate of drug-likeness (QED) is 0.676. The van der Waals surface area contributed by atoms with Crippen LogP contribution in [0.25, 0.3) is 0 Å². The lowest BCUT2D eigenvalue weighted by Crippen LogP contribution is -2.51. The number of carbonyl (C=O) groups is 2. The van der Waals surface area contributed by atoms with Crippen molar-refractivity contribution >= 4 is 12.0 Å². The highest BCUT2D eigenvalue weighted by atomic mass is 16.4. The predicted molar refractivity (Wildman–Crippen MR) is 60.1 cm³/mol. The van der Waals surface area contributed by atoms with E-state index < -0.39 is 11.9 Å². The summed E-state index contributed by atoms with van der Waals surface area (Å²) in [6, 6.07) is -0.380. The highest BCUT2D eigenvalue weighted by Crippen LogP contribution is 2.25. The van der Waals surface area contributed by atoms with Crippen molar-refractivity contribution in [3.05, 3.63) is 0 Å². The minimum atomic E-state index is -0.898. The summed E-state index contributed by atoms with van der Waals surface area (Å²) in [5, 5.41) is 14.2. The molecule has 5 nitrogen and oxygen atoms in total. The molecule has 0 aromatic carbocycles. The number of aliphatic carboxylic acids is 1. The maximum absolute atomic E-state index is 11.5. The van der Waals surface area contributed by atoms with E-state index in [1.807, 2.05) is 0 Å². The molecule has 1 fully saturated rings. The Balaban J connectivity index is 2.25. The van der Waals surface area contributed by atoms with Gasteiger partial charge >= 0.3 is 12.0 Å². The first kappa shape index (κ1) is 12.8. The zero-order valence-electron chi connectivity index (χ0n) is 9.99. The molecule has 0 spiro atoms. The van der Waals surface area contributed by atoms with Gasteiger partial charge in [0.2, 0.25) is 0 Å². The second-order valence-corrected chi connectivity index (χ2v) is 4.81. The van der Waals surface area contributed by atoms with Crippen LogP contribution in [0.15, 0.2) is 0 Å². The fourth-order valence-corrected chi connectivity index (χ4v) is 1.79. The maximum atomic E-state index is 11.5. The molecular formula is C11H20N2O3. The molecule has 3 N–H and O–H groups in total. The number of carboxylic acid groups (broad SMARTS) is 1. The van der Waals surface area contributed by atoms with Gasteiger partial charge in [0.05, 0.1) is 5.92 Å². The van der Waals surface area contributed by atoms with Gasteiger partial charge in [0, 0.05) is 12.1 Å². The van der Waals surface area contributed by atoms with Crippen LogP contribution in [-0.2, 0) is 4.79 Å². The minimum Gasteiger partial charge on any atom is -0.481 e. The molecule has 0 radical (unpaired) electrons. The predicted octanol–water partition coefficient (Wildman–Crippen LogP) is 1.19. The number of carboxylic acids is 1. The van der Waals surface area contributed by atoms with Crippen molar-refractivity contribution in [2.24, 2.45) is 11.8 Å². The molecule has 0 heterocycles. The van der Waals surface area contributed by atoms with Crippen molar-refractivity contribution in [2.75, 3.05) is 0 Å². The Hall–Kier alpha value is -1.26. The van der Waals surface area contributed by atoms with Crippen LogP contribution in [0, 0.1) is 11.8 Å². The Morgan fingerprint density at radius 3 is 2.31 bits per heavy atom. The number of amides is 2. The van der Waals surface area contributed by atoms with Gasteiger partial charge in [-0.05, 0) is 32.6 Å². The summed E-state index contributed by atoms with van der Waals surface area (Å²) in [5.41, 5.74) is 0. The van der Waals surface area contributed by atoms with E-state index in [2.05, 4.69) is 17.6 Å². The van der Waals surface area contributed by atoms with Crippen molar-refractivity contribution in [3.63, 3.8) is 0 Å². The van der Waals surface area contributed by atoms with Crippen LogP contribution >= 0.6 is 0 Å². The van der Waals surface area contributed by atoms with E-state index in [4.69, 9.17) is 5.11 Å². The summed E-state index contributed by atoms with van der Waals surface area (Å²) >= 11 is 0. The Morgan fingerprint density at radius 2 is 1.88 bits per heavy atom. The van der Waals surface area contributed by atoms with Crippen LogP contribution < -0.4 is 10.6 Å². The molecule has 16 heavy (non-hydrogen) atoms. The summed E-state index contributed by atoms with van der Waals surface area (Å²) in [4.78, 5) is 22.2. The minimum absolute atomic E-state index is 0.252. The normalized spacial score (nSPS) is 27.4. The molecule has 2 amide bonds. The summed E-state index contributed by atoms with van der Waals surface area (Å²) < 4.78 is 0. The van der Waals surface area contributed by atoms with Crippen molar-refractivity contribution in [3.8, 4) is 0 Å². The Bertz CT molecular complexity index is 274. The highest BCUT2D eigenvalue weighted by Gasteiger charge is 2.27. The molecule has 1 aliphatic rings. The van der Waals surface area contributed by atoms with Gasteiger partial charge < -0.3 is 15.7 Å². The molecular weight excluding hydrogens is 208 g/mol. The summed E-state index contributed by atoms with van der Waals surface area (Å²) in [6.07, 6.45) is 2.02. The molecule has 0 aliphatic heterocycles. The van der Waals surface area contributed by atoms with Crippen LogP contribution in [0.2, 0.25) is 0 Å². The van der Waals surface area contributed by atoms with Crippen LogP contribution in [0.3, 0.4) is 0 Å². The SMILES string of the molecule is CC1CC(NC(=O)NC(C)C(C)C(=O)O)C1. The molecule has 92 valence electrons. The lowest BCUT2D eigenvalue weighted by Gasteiger charge is -2.33. The lowest BCUT2D eigenvalue weighted by molar-refractivity contribution is -0.141. The number of urea groups is 1. The summed E-state index contributed by atoms with van der Waals surface area (Å²) in [7, 11) is 0. The zero-order valence-corrected chi connectivity index (χ0v) is 9.99. The number of rotatable bonds is 4. The van der Waals surface area contributed by atoms with Gasteiger partial charge in [-0.15, -0.1) is 0 Å². The molecule has 1 saturated carbocycles. The Kier molecular flexibility index (Phi) is 4.15. The second kappa shape index (κ2) is 5.18. The highest BCUT2D eigenvalue weighted by molar-refractivity contribution is 5.76. The molecule has 2 atom stereocenters. The Morgan fingerprint density at radius 1 is 1.31 bits per heavy atom. The zero-order chi connectivity index (χ0) is 12.3. The van der Waals surface area contributed by atoms with Crippen molar-refractivity contribution in [1.29, 1.82) is 0 Å². The van der Waals surface area contributed by atoms with Gasteiger partial charge in [0.1, 0.15) is 0 Å². The van der Waals surface area contributed by atoms with Crippen LogP contribution in [-0.4, -0.2) is 29.2 Å². The molecule has 0 saturated heterocycles. The first-order valence-corrected chi connectivity index (χ1v) is 5.70. The van der Waals surface area contributed by atoms with E-state index >= 15 is 0 Å². The van der Waals surface area contributed by atoms with Crippen molar-refractivity contribution < 1.29 is 14.7 Å². The van der Waals surface area contributed by atoms with E-state index in [-0.39, 0.29) is 18.1 Å². The first-order chi connectivity index (χ1) is 7.40. The molecule has 5 heteroatoms. The maximum Gasteiger partial charge on any atom is 0.315 e. The smallest absolute Gasteiger partial charge is 0.315 e. The van der Waals surface area contributed by atoms with E-state index in [0.717, 1.165) is 12.8 Å². The van der Waals surface area contributed by atoms with Gasteiger partial charge in [-0.3, -0.25) is 4.79 Å². The van der Waals surface area contributed by atoms with E-state index in [1.165, 1.54) is 0 Å². The first-order valence-electron chi connectivity index (χ1n) is 5.70. The lowest BCUT2D eigenvalue weighted by atomic mass is 9.82. The largest absolute Gasteiger partial charge is 0.481 e. The van der Waals surface area contributed by atoms with Gasteiger partial charge in [0.15, 0.2) is 0 Å². The Labute approximate surface area is 95.6 Å². The molecule has 0 aromatic rings. The molecule has 1 rings (SSSR count). The van der Waals surface area contributed by atoms with E-state index in [0.29, 0.717) is 5.92 Å².